The third-order valence-corrected chi connectivity index (χ3v) is 6.60. The number of hydrogen-bond donors (Lipinski definition) is 2. The van der Waals surface area contributed by atoms with Crippen LogP contribution in [0.3, 0.4) is 0 Å². The van der Waals surface area contributed by atoms with Gasteiger partial charge in [-0.2, -0.15) is 0 Å². The fourth-order valence-corrected chi connectivity index (χ4v) is 4.84. The van der Waals surface area contributed by atoms with Crippen LogP contribution in [0.5, 0.6) is 5.88 Å². The van der Waals surface area contributed by atoms with Crippen molar-refractivity contribution in [1.29, 1.82) is 0 Å². The van der Waals surface area contributed by atoms with Crippen molar-refractivity contribution in [1.82, 2.24) is 19.8 Å². The van der Waals surface area contributed by atoms with Crippen LogP contribution in [0.15, 0.2) is 24.3 Å². The molecule has 0 bridgehead atoms. The summed E-state index contributed by atoms with van der Waals surface area (Å²) in [6, 6.07) is 7.24. The number of carboxylic acid groups (broad SMARTS) is 1. The molecular weight excluding hydrogens is 422 g/mol. The Balaban J connectivity index is 1.22. The number of aryl methyl sites for hydroxylation is 2. The summed E-state index contributed by atoms with van der Waals surface area (Å²) < 4.78 is 5.55. The summed E-state index contributed by atoms with van der Waals surface area (Å²) in [5, 5.41) is 12.8. The van der Waals surface area contributed by atoms with Crippen LogP contribution < -0.4 is 10.1 Å². The lowest BCUT2D eigenvalue weighted by molar-refractivity contribution is -0.138. The van der Waals surface area contributed by atoms with Crippen LogP contribution in [0.4, 0.5) is 10.6 Å². The number of hydrogen-bond acceptors (Lipinski definition) is 6. The van der Waals surface area contributed by atoms with Crippen LogP contribution in [-0.4, -0.2) is 69.7 Å². The van der Waals surface area contributed by atoms with E-state index in [0.717, 1.165) is 55.7 Å². The van der Waals surface area contributed by atoms with Gasteiger partial charge >= 0.3 is 12.0 Å². The fourth-order valence-electron chi connectivity index (χ4n) is 4.84. The Kier molecular flexibility index (Phi) is 6.02. The zero-order chi connectivity index (χ0) is 22.8. The summed E-state index contributed by atoms with van der Waals surface area (Å²) in [6.45, 7) is 3.22. The van der Waals surface area contributed by atoms with Crippen LogP contribution in [0.1, 0.15) is 47.8 Å². The van der Waals surface area contributed by atoms with E-state index in [2.05, 4.69) is 22.4 Å². The molecule has 5 rings (SSSR count). The first-order valence-corrected chi connectivity index (χ1v) is 11.7. The average Bonchev–Trinajstić information content (AvgIpc) is 3.43. The van der Waals surface area contributed by atoms with E-state index < -0.39 is 12.0 Å². The molecule has 1 fully saturated rings. The molecule has 1 atom stereocenters. The first-order chi connectivity index (χ1) is 16.1. The molecule has 3 aliphatic rings. The molecule has 2 aromatic rings. The van der Waals surface area contributed by atoms with Gasteiger partial charge in [0.05, 0.1) is 24.8 Å². The first-order valence-electron chi connectivity index (χ1n) is 11.7. The minimum absolute atomic E-state index is 0.135. The summed E-state index contributed by atoms with van der Waals surface area (Å²) in [5.41, 5.74) is 3.88. The highest BCUT2D eigenvalue weighted by atomic mass is 16.5. The maximum Gasteiger partial charge on any atom is 0.320 e. The lowest BCUT2D eigenvalue weighted by atomic mass is 10.1. The van der Waals surface area contributed by atoms with Gasteiger partial charge in [-0.05, 0) is 43.4 Å². The van der Waals surface area contributed by atoms with Gasteiger partial charge in [-0.3, -0.25) is 4.79 Å². The highest BCUT2D eigenvalue weighted by Crippen LogP contribution is 2.31. The number of amides is 2. The third-order valence-electron chi connectivity index (χ3n) is 6.60. The molecule has 174 valence electrons. The maximum absolute atomic E-state index is 13.1. The minimum Gasteiger partial charge on any atom is -0.481 e. The number of nitrogens with one attached hydrogen (secondary N) is 1. The SMILES string of the molecule is O=C(O)C[C@@H](c1ccc2c(n1)OCC2)N1CCN(CCCc2ccc3c(n2)NCCC3)C1=O. The van der Waals surface area contributed by atoms with E-state index in [0.29, 0.717) is 37.8 Å². The second kappa shape index (κ2) is 9.25. The number of fused-ring (bicyclic) bond motifs is 2. The molecule has 2 N–H and O–H groups in total. The number of carbonyl (C=O) groups excluding carboxylic acids is 1. The van der Waals surface area contributed by atoms with Gasteiger partial charge < -0.3 is 25.0 Å². The number of carbonyl (C=O) groups is 2. The Morgan fingerprint density at radius 2 is 2.03 bits per heavy atom. The van der Waals surface area contributed by atoms with Gasteiger partial charge in [0.2, 0.25) is 5.88 Å². The van der Waals surface area contributed by atoms with Crippen molar-refractivity contribution in [2.24, 2.45) is 0 Å². The summed E-state index contributed by atoms with van der Waals surface area (Å²) in [5.74, 6) is 0.588. The molecule has 2 amide bonds. The highest BCUT2D eigenvalue weighted by Gasteiger charge is 2.36. The molecule has 0 aromatic carbocycles. The van der Waals surface area contributed by atoms with Crippen LogP contribution >= 0.6 is 0 Å². The number of nitrogens with zero attached hydrogens (tertiary/aromatic N) is 4. The molecule has 9 heteroatoms. The predicted octanol–water partition coefficient (Wildman–Crippen LogP) is 2.66. The predicted molar refractivity (Wildman–Crippen MR) is 121 cm³/mol. The Morgan fingerprint density at radius 1 is 1.15 bits per heavy atom. The molecule has 0 unspecified atom stereocenters. The molecule has 0 aliphatic carbocycles. The molecule has 1 saturated heterocycles. The van der Waals surface area contributed by atoms with Crippen LogP contribution in [0.2, 0.25) is 0 Å². The topological polar surface area (TPSA) is 108 Å². The van der Waals surface area contributed by atoms with Gasteiger partial charge in [0, 0.05) is 43.9 Å². The number of carboxylic acids is 1. The van der Waals surface area contributed by atoms with Crippen molar-refractivity contribution < 1.29 is 19.4 Å². The molecule has 0 saturated carbocycles. The summed E-state index contributed by atoms with van der Waals surface area (Å²) in [6.07, 6.45) is 4.42. The van der Waals surface area contributed by atoms with E-state index >= 15 is 0 Å². The second-order valence-corrected chi connectivity index (χ2v) is 8.82. The van der Waals surface area contributed by atoms with Crippen molar-refractivity contribution in [3.05, 3.63) is 46.8 Å². The number of urea groups is 1. The molecule has 2 aromatic heterocycles. The van der Waals surface area contributed by atoms with Crippen molar-refractivity contribution in [3.8, 4) is 5.88 Å². The van der Waals surface area contributed by atoms with Crippen molar-refractivity contribution in [2.75, 3.05) is 38.1 Å². The van der Waals surface area contributed by atoms with E-state index in [9.17, 15) is 14.7 Å². The summed E-state index contributed by atoms with van der Waals surface area (Å²) >= 11 is 0. The Bertz CT molecular complexity index is 1060. The molecule has 0 radical (unpaired) electrons. The van der Waals surface area contributed by atoms with Crippen LogP contribution in [0.25, 0.3) is 0 Å². The number of aliphatic carboxylic acids is 1. The molecule has 3 aliphatic heterocycles. The monoisotopic (exact) mass is 451 g/mol. The normalized spacial score (nSPS) is 17.9. The Labute approximate surface area is 192 Å². The number of aromatic nitrogens is 2. The zero-order valence-electron chi connectivity index (χ0n) is 18.6. The average molecular weight is 452 g/mol. The third kappa shape index (κ3) is 4.58. The molecular formula is C24H29N5O4. The lowest BCUT2D eigenvalue weighted by Gasteiger charge is -2.26. The molecule has 33 heavy (non-hydrogen) atoms. The highest BCUT2D eigenvalue weighted by molar-refractivity contribution is 5.78. The van der Waals surface area contributed by atoms with Gasteiger partial charge in [0.1, 0.15) is 5.82 Å². The van der Waals surface area contributed by atoms with E-state index in [4.69, 9.17) is 9.72 Å². The van der Waals surface area contributed by atoms with Gasteiger partial charge in [-0.1, -0.05) is 12.1 Å². The maximum atomic E-state index is 13.1. The van der Waals surface area contributed by atoms with Crippen LogP contribution in [0, 0.1) is 0 Å². The molecule has 0 spiro atoms. The van der Waals surface area contributed by atoms with Crippen LogP contribution in [-0.2, 0) is 24.1 Å². The number of ether oxygens (including phenoxy) is 1. The number of anilines is 1. The largest absolute Gasteiger partial charge is 0.481 e. The first kappa shape index (κ1) is 21.5. The van der Waals surface area contributed by atoms with Crippen molar-refractivity contribution in [3.63, 3.8) is 0 Å². The lowest BCUT2D eigenvalue weighted by Crippen LogP contribution is -2.36. The molecule has 9 nitrogen and oxygen atoms in total. The standard InChI is InChI=1S/C24H29N5O4/c30-21(31)15-20(19-8-6-17-9-14-33-23(17)27-19)29-13-12-28(24(29)32)11-2-4-18-7-5-16-3-1-10-25-22(16)26-18/h5-8,20H,1-4,9-15H2,(H,25,26)(H,30,31)/t20-/m0/s1. The zero-order valence-corrected chi connectivity index (χ0v) is 18.6. The van der Waals surface area contributed by atoms with Crippen molar-refractivity contribution in [2.45, 2.75) is 44.6 Å². The van der Waals surface area contributed by atoms with Gasteiger partial charge in [0.15, 0.2) is 0 Å². The van der Waals surface area contributed by atoms with Crippen molar-refractivity contribution >= 4 is 17.8 Å². The van der Waals surface area contributed by atoms with E-state index in [-0.39, 0.29) is 12.5 Å². The van der Waals surface area contributed by atoms with Gasteiger partial charge in [-0.15, -0.1) is 0 Å². The van der Waals surface area contributed by atoms with E-state index in [1.54, 1.807) is 9.80 Å². The number of rotatable bonds is 8. The minimum atomic E-state index is -0.957. The Morgan fingerprint density at radius 3 is 2.91 bits per heavy atom. The Hall–Kier alpha value is -3.36. The second-order valence-electron chi connectivity index (χ2n) is 8.82. The fraction of sp³-hybridized carbons (Fsp3) is 0.500. The van der Waals surface area contributed by atoms with E-state index in [1.807, 2.05) is 12.1 Å². The number of pyridine rings is 2. The summed E-state index contributed by atoms with van der Waals surface area (Å²) in [4.78, 5) is 37.4. The van der Waals surface area contributed by atoms with Gasteiger partial charge in [-0.25, -0.2) is 14.8 Å². The molecule has 5 heterocycles. The van der Waals surface area contributed by atoms with Gasteiger partial charge in [0.25, 0.3) is 0 Å². The smallest absolute Gasteiger partial charge is 0.320 e. The summed E-state index contributed by atoms with van der Waals surface area (Å²) in [7, 11) is 0. The quantitative estimate of drug-likeness (QED) is 0.635. The van der Waals surface area contributed by atoms with E-state index in [1.165, 1.54) is 5.56 Å².